The van der Waals surface area contributed by atoms with Gasteiger partial charge in [0.05, 0.1) is 0 Å². The Morgan fingerprint density at radius 3 is 2.79 bits per heavy atom. The van der Waals surface area contributed by atoms with Crippen molar-refractivity contribution >= 4 is 5.57 Å². The van der Waals surface area contributed by atoms with Gasteiger partial charge >= 0.3 is 0 Å². The predicted molar refractivity (Wildman–Crippen MR) is 70.0 cm³/mol. The fraction of sp³-hybridized carbons (Fsp3) is 0.143. The zero-order chi connectivity index (χ0) is 14.4. The molecule has 0 radical (unpaired) electrons. The fourth-order valence-electron chi connectivity index (χ4n) is 1.24. The molecule has 1 aromatic rings. The Kier molecular flexibility index (Phi) is 4.95. The van der Waals surface area contributed by atoms with E-state index in [1.165, 1.54) is 31.3 Å². The summed E-state index contributed by atoms with van der Waals surface area (Å²) in [5, 5.41) is 8.74. The van der Waals surface area contributed by atoms with Crippen LogP contribution < -0.4 is 5.73 Å². The number of nitrogens with zero attached hydrogens (tertiary/aromatic N) is 2. The van der Waals surface area contributed by atoms with Crippen molar-refractivity contribution < 1.29 is 8.78 Å². The number of alkyl halides is 2. The monoisotopic (exact) mass is 261 g/mol. The molecule has 0 saturated heterocycles. The van der Waals surface area contributed by atoms with E-state index in [2.05, 4.69) is 11.6 Å². The van der Waals surface area contributed by atoms with E-state index in [1.54, 1.807) is 6.07 Å². The molecule has 0 aromatic carbocycles. The highest BCUT2D eigenvalue weighted by atomic mass is 19.3. The number of allylic oxidation sites excluding steroid dienone is 4. The lowest BCUT2D eigenvalue weighted by Gasteiger charge is -2.06. The van der Waals surface area contributed by atoms with Crippen molar-refractivity contribution in [2.24, 2.45) is 5.73 Å². The van der Waals surface area contributed by atoms with E-state index in [4.69, 9.17) is 11.0 Å². The highest BCUT2D eigenvalue weighted by molar-refractivity contribution is 5.76. The highest BCUT2D eigenvalue weighted by Crippen LogP contribution is 2.18. The summed E-state index contributed by atoms with van der Waals surface area (Å²) in [4.78, 5) is 3.82. The maximum Gasteiger partial charge on any atom is 0.259 e. The molecule has 5 heteroatoms. The Balaban J connectivity index is 2.97. The minimum absolute atomic E-state index is 0.0804. The summed E-state index contributed by atoms with van der Waals surface area (Å²) in [6, 6.07) is 5.08. The third kappa shape index (κ3) is 4.03. The van der Waals surface area contributed by atoms with Crippen LogP contribution in [-0.4, -0.2) is 11.4 Å². The van der Waals surface area contributed by atoms with Crippen molar-refractivity contribution in [2.75, 3.05) is 0 Å². The van der Waals surface area contributed by atoms with Crippen molar-refractivity contribution in [2.45, 2.75) is 13.3 Å². The smallest absolute Gasteiger partial charge is 0.259 e. The second-order valence-electron chi connectivity index (χ2n) is 3.85. The van der Waals surface area contributed by atoms with Gasteiger partial charge in [-0.3, -0.25) is 0 Å². The number of rotatable bonds is 4. The zero-order valence-electron chi connectivity index (χ0n) is 10.4. The van der Waals surface area contributed by atoms with Gasteiger partial charge in [-0.05, 0) is 41.8 Å². The summed E-state index contributed by atoms with van der Waals surface area (Å²) in [5.41, 5.74) is 7.26. The first-order chi connectivity index (χ1) is 8.95. The van der Waals surface area contributed by atoms with Gasteiger partial charge in [-0.1, -0.05) is 12.7 Å². The maximum atomic E-state index is 12.3. The van der Waals surface area contributed by atoms with Gasteiger partial charge in [0.2, 0.25) is 0 Å². The summed E-state index contributed by atoms with van der Waals surface area (Å²) >= 11 is 0. The molecule has 1 heterocycles. The second kappa shape index (κ2) is 6.45. The number of nitriles is 1. The van der Waals surface area contributed by atoms with Gasteiger partial charge in [-0.25, -0.2) is 13.8 Å². The van der Waals surface area contributed by atoms with Gasteiger partial charge in [0.1, 0.15) is 11.8 Å². The lowest BCUT2D eigenvalue weighted by Crippen LogP contribution is -2.00. The molecule has 0 unspecified atom stereocenters. The van der Waals surface area contributed by atoms with Crippen LogP contribution in [0, 0.1) is 11.3 Å². The molecule has 0 aliphatic heterocycles. The SMILES string of the molecule is C=C(/C(N)=C\C=C(/C)C(F)F)c1ccnc(C#N)c1. The number of hydrogen-bond donors (Lipinski definition) is 1. The predicted octanol–water partition coefficient (Wildman–Crippen LogP) is 3.02. The number of hydrogen-bond acceptors (Lipinski definition) is 3. The normalized spacial score (nSPS) is 12.4. The van der Waals surface area contributed by atoms with Gasteiger partial charge in [0.25, 0.3) is 6.43 Å². The Bertz CT molecular complexity index is 581. The van der Waals surface area contributed by atoms with Crippen molar-refractivity contribution in [3.63, 3.8) is 0 Å². The van der Waals surface area contributed by atoms with Crippen LogP contribution in [0.1, 0.15) is 18.2 Å². The summed E-state index contributed by atoms with van der Waals surface area (Å²) < 4.78 is 24.6. The van der Waals surface area contributed by atoms with Crippen molar-refractivity contribution in [1.82, 2.24) is 4.98 Å². The first-order valence-corrected chi connectivity index (χ1v) is 5.43. The molecule has 0 bridgehead atoms. The molecule has 0 saturated carbocycles. The van der Waals surface area contributed by atoms with Crippen LogP contribution in [0.5, 0.6) is 0 Å². The molecule has 98 valence electrons. The lowest BCUT2D eigenvalue weighted by atomic mass is 10.0. The summed E-state index contributed by atoms with van der Waals surface area (Å²) in [7, 11) is 0. The first-order valence-electron chi connectivity index (χ1n) is 5.43. The van der Waals surface area contributed by atoms with Crippen molar-refractivity contribution in [3.8, 4) is 6.07 Å². The van der Waals surface area contributed by atoms with Gasteiger partial charge in [0.15, 0.2) is 0 Å². The van der Waals surface area contributed by atoms with Crippen LogP contribution >= 0.6 is 0 Å². The molecule has 1 rings (SSSR count). The maximum absolute atomic E-state index is 12.3. The van der Waals surface area contributed by atoms with E-state index in [9.17, 15) is 8.78 Å². The zero-order valence-corrected chi connectivity index (χ0v) is 10.4. The Hall–Kier alpha value is -2.48. The number of aromatic nitrogens is 1. The van der Waals surface area contributed by atoms with Crippen molar-refractivity contribution in [3.05, 3.63) is 59.6 Å². The lowest BCUT2D eigenvalue weighted by molar-refractivity contribution is 0.190. The average Bonchev–Trinajstić information content (AvgIpc) is 2.43. The first kappa shape index (κ1) is 14.6. The van der Waals surface area contributed by atoms with E-state index in [0.29, 0.717) is 11.1 Å². The number of nitrogens with two attached hydrogens (primary N) is 1. The van der Waals surface area contributed by atoms with Gasteiger partial charge in [-0.15, -0.1) is 0 Å². The molecule has 0 aliphatic rings. The van der Waals surface area contributed by atoms with Crippen molar-refractivity contribution in [1.29, 1.82) is 5.26 Å². The van der Waals surface area contributed by atoms with Crippen LogP contribution in [0.2, 0.25) is 0 Å². The minimum Gasteiger partial charge on any atom is -0.398 e. The highest BCUT2D eigenvalue weighted by Gasteiger charge is 2.05. The third-order valence-corrected chi connectivity index (χ3v) is 2.44. The molecule has 19 heavy (non-hydrogen) atoms. The molecule has 1 aromatic heterocycles. The molecule has 2 N–H and O–H groups in total. The standard InChI is InChI=1S/C14H13F2N3/c1-9(14(15)16)3-4-13(18)10(2)11-5-6-19-12(7-11)8-17/h3-7,14H,2,18H2,1H3/b9-3+,13-4+. The minimum atomic E-state index is -2.51. The topological polar surface area (TPSA) is 62.7 Å². The Morgan fingerprint density at radius 1 is 1.53 bits per heavy atom. The number of halogens is 2. The van der Waals surface area contributed by atoms with E-state index in [0.717, 1.165) is 0 Å². The third-order valence-electron chi connectivity index (χ3n) is 2.44. The second-order valence-corrected chi connectivity index (χ2v) is 3.85. The summed E-state index contributed by atoms with van der Waals surface area (Å²) in [6.07, 6.45) is 1.57. The molecular formula is C14H13F2N3. The number of pyridine rings is 1. The van der Waals surface area contributed by atoms with Gasteiger partial charge in [0, 0.05) is 11.9 Å². The van der Waals surface area contributed by atoms with Crippen LogP contribution in [0.15, 0.2) is 48.3 Å². The fourth-order valence-corrected chi connectivity index (χ4v) is 1.24. The van der Waals surface area contributed by atoms with E-state index in [-0.39, 0.29) is 17.0 Å². The van der Waals surface area contributed by atoms with E-state index < -0.39 is 6.43 Å². The van der Waals surface area contributed by atoms with E-state index >= 15 is 0 Å². The van der Waals surface area contributed by atoms with Crippen LogP contribution in [0.25, 0.3) is 5.57 Å². The Morgan fingerprint density at radius 2 is 2.21 bits per heavy atom. The summed E-state index contributed by atoms with van der Waals surface area (Å²) in [5.74, 6) is 0. The van der Waals surface area contributed by atoms with Crippen LogP contribution in [0.4, 0.5) is 8.78 Å². The largest absolute Gasteiger partial charge is 0.398 e. The average molecular weight is 261 g/mol. The molecule has 0 aliphatic carbocycles. The van der Waals surface area contributed by atoms with Gasteiger partial charge in [-0.2, -0.15) is 5.26 Å². The van der Waals surface area contributed by atoms with Gasteiger partial charge < -0.3 is 5.73 Å². The van der Waals surface area contributed by atoms with E-state index in [1.807, 2.05) is 6.07 Å². The van der Waals surface area contributed by atoms with Crippen LogP contribution in [-0.2, 0) is 0 Å². The molecule has 0 spiro atoms. The molecule has 0 atom stereocenters. The molecular weight excluding hydrogens is 248 g/mol. The molecule has 0 amide bonds. The Labute approximate surface area is 110 Å². The molecule has 0 fully saturated rings. The van der Waals surface area contributed by atoms with Crippen LogP contribution in [0.3, 0.4) is 0 Å². The molecule has 3 nitrogen and oxygen atoms in total. The quantitative estimate of drug-likeness (QED) is 0.847. The summed E-state index contributed by atoms with van der Waals surface area (Å²) in [6.45, 7) is 5.09.